The standard InChI is InChI=1S/C26H39ClN2O/c1-5-17-30-24-11-15-29(16-12-24)25(18-21(6-2)19-26(4)13-14-26)28-20(3)22-7-9-23(27)10-8-22/h6-10,18,20,24,28H,5,11-17,19H2,1-4H3/b21-6-,25-18+. The molecule has 2 fully saturated rings. The monoisotopic (exact) mass is 430 g/mol. The summed E-state index contributed by atoms with van der Waals surface area (Å²) in [4.78, 5) is 2.51. The van der Waals surface area contributed by atoms with Crippen LogP contribution >= 0.6 is 11.6 Å². The summed E-state index contributed by atoms with van der Waals surface area (Å²) in [7, 11) is 0. The second-order valence-corrected chi connectivity index (χ2v) is 9.79. The molecule has 1 saturated carbocycles. The molecule has 2 aliphatic rings. The van der Waals surface area contributed by atoms with Crippen molar-refractivity contribution in [3.63, 3.8) is 0 Å². The van der Waals surface area contributed by atoms with Gasteiger partial charge in [-0.2, -0.15) is 0 Å². The molecule has 0 radical (unpaired) electrons. The third-order valence-corrected chi connectivity index (χ3v) is 6.75. The van der Waals surface area contributed by atoms with Crippen molar-refractivity contribution in [3.8, 4) is 0 Å². The van der Waals surface area contributed by atoms with E-state index in [1.165, 1.54) is 36.2 Å². The van der Waals surface area contributed by atoms with Gasteiger partial charge in [-0.05, 0) is 87.1 Å². The van der Waals surface area contributed by atoms with Crippen LogP contribution in [0.5, 0.6) is 0 Å². The van der Waals surface area contributed by atoms with Gasteiger partial charge >= 0.3 is 0 Å². The molecule has 1 aliphatic carbocycles. The molecule has 1 aromatic carbocycles. The molecule has 0 amide bonds. The first-order valence-corrected chi connectivity index (χ1v) is 12.1. The molecule has 1 atom stereocenters. The Labute approximate surface area is 188 Å². The van der Waals surface area contributed by atoms with Crippen molar-refractivity contribution in [1.82, 2.24) is 10.2 Å². The molecule has 0 aromatic heterocycles. The van der Waals surface area contributed by atoms with Crippen molar-refractivity contribution in [2.24, 2.45) is 5.41 Å². The molecule has 3 nitrogen and oxygen atoms in total. The molecule has 1 aromatic rings. The van der Waals surface area contributed by atoms with Gasteiger partial charge in [-0.3, -0.25) is 0 Å². The largest absolute Gasteiger partial charge is 0.378 e. The van der Waals surface area contributed by atoms with Gasteiger partial charge in [0, 0.05) is 30.8 Å². The summed E-state index contributed by atoms with van der Waals surface area (Å²) in [5.74, 6) is 1.24. The van der Waals surface area contributed by atoms with Gasteiger partial charge in [-0.25, -0.2) is 0 Å². The van der Waals surface area contributed by atoms with E-state index in [0.717, 1.165) is 44.0 Å². The lowest BCUT2D eigenvalue weighted by molar-refractivity contribution is 0.0128. The predicted molar refractivity (Wildman–Crippen MR) is 128 cm³/mol. The number of allylic oxidation sites excluding steroid dienone is 3. The molecule has 1 heterocycles. The van der Waals surface area contributed by atoms with Gasteiger partial charge < -0.3 is 15.0 Å². The third kappa shape index (κ3) is 6.78. The lowest BCUT2D eigenvalue weighted by atomic mass is 9.97. The maximum Gasteiger partial charge on any atom is 0.102 e. The van der Waals surface area contributed by atoms with Gasteiger partial charge in [0.25, 0.3) is 0 Å². The Morgan fingerprint density at radius 2 is 1.93 bits per heavy atom. The van der Waals surface area contributed by atoms with Crippen LogP contribution in [-0.4, -0.2) is 30.7 Å². The zero-order chi connectivity index (χ0) is 21.6. The minimum absolute atomic E-state index is 0.220. The van der Waals surface area contributed by atoms with E-state index in [2.05, 4.69) is 62.2 Å². The number of ether oxygens (including phenoxy) is 1. The average Bonchev–Trinajstić information content (AvgIpc) is 3.48. The summed E-state index contributed by atoms with van der Waals surface area (Å²) in [6, 6.07) is 8.40. The predicted octanol–water partition coefficient (Wildman–Crippen LogP) is 6.86. The van der Waals surface area contributed by atoms with Crippen molar-refractivity contribution in [3.05, 3.63) is 58.4 Å². The average molecular weight is 431 g/mol. The van der Waals surface area contributed by atoms with E-state index in [0.29, 0.717) is 11.5 Å². The maximum atomic E-state index is 6.09. The highest BCUT2D eigenvalue weighted by Crippen LogP contribution is 2.50. The molecule has 166 valence electrons. The number of nitrogens with one attached hydrogen (secondary N) is 1. The molecule has 4 heteroatoms. The maximum absolute atomic E-state index is 6.09. The Kier molecular flexibility index (Phi) is 8.30. The van der Waals surface area contributed by atoms with Crippen LogP contribution in [0.3, 0.4) is 0 Å². The molecule has 1 aliphatic heterocycles. The van der Waals surface area contributed by atoms with Crippen molar-refractivity contribution in [2.75, 3.05) is 19.7 Å². The summed E-state index contributed by atoms with van der Waals surface area (Å²) in [6.45, 7) is 11.9. The van der Waals surface area contributed by atoms with Gasteiger partial charge in [0.2, 0.25) is 0 Å². The Morgan fingerprint density at radius 3 is 2.50 bits per heavy atom. The molecule has 1 unspecified atom stereocenters. The van der Waals surface area contributed by atoms with Crippen LogP contribution in [0.1, 0.15) is 77.8 Å². The van der Waals surface area contributed by atoms with Crippen LogP contribution in [0.15, 0.2) is 47.8 Å². The van der Waals surface area contributed by atoms with Crippen LogP contribution in [0.2, 0.25) is 5.02 Å². The van der Waals surface area contributed by atoms with Gasteiger partial charge in [0.15, 0.2) is 0 Å². The zero-order valence-electron chi connectivity index (χ0n) is 19.2. The second kappa shape index (κ2) is 10.7. The van der Waals surface area contributed by atoms with Gasteiger partial charge in [0.05, 0.1) is 6.10 Å². The number of benzene rings is 1. The summed E-state index contributed by atoms with van der Waals surface area (Å²) in [5, 5.41) is 4.60. The van der Waals surface area contributed by atoms with E-state index in [9.17, 15) is 0 Å². The molecule has 0 bridgehead atoms. The normalized spacial score (nSPS) is 20.9. The van der Waals surface area contributed by atoms with Crippen molar-refractivity contribution in [2.45, 2.75) is 78.4 Å². The number of rotatable bonds is 10. The van der Waals surface area contributed by atoms with E-state index < -0.39 is 0 Å². The molecule has 0 spiro atoms. The Balaban J connectivity index is 1.72. The highest BCUT2D eigenvalue weighted by molar-refractivity contribution is 6.30. The third-order valence-electron chi connectivity index (χ3n) is 6.50. The molecular formula is C26H39ClN2O. The van der Waals surface area contributed by atoms with Crippen LogP contribution < -0.4 is 5.32 Å². The summed E-state index contributed by atoms with van der Waals surface area (Å²) in [5.41, 5.74) is 3.19. The number of piperidine rings is 1. The number of hydrogen-bond acceptors (Lipinski definition) is 3. The SMILES string of the molecule is C/C=C(/C=C(\NC(C)c1ccc(Cl)cc1)N1CCC(OCCC)CC1)CC1(C)CC1. The first-order chi connectivity index (χ1) is 14.4. The topological polar surface area (TPSA) is 24.5 Å². The first kappa shape index (κ1) is 23.2. The number of nitrogens with zero attached hydrogens (tertiary/aromatic N) is 1. The van der Waals surface area contributed by atoms with E-state index in [1.54, 1.807) is 0 Å². The fraction of sp³-hybridized carbons (Fsp3) is 0.615. The molecule has 3 rings (SSSR count). The molecule has 30 heavy (non-hydrogen) atoms. The molecule has 1 N–H and O–H groups in total. The summed E-state index contributed by atoms with van der Waals surface area (Å²) >= 11 is 6.09. The van der Waals surface area contributed by atoms with Crippen molar-refractivity contribution >= 4 is 11.6 Å². The Morgan fingerprint density at radius 1 is 1.27 bits per heavy atom. The van der Waals surface area contributed by atoms with Crippen molar-refractivity contribution in [1.29, 1.82) is 0 Å². The smallest absolute Gasteiger partial charge is 0.102 e. The number of likely N-dealkylation sites (tertiary alicyclic amines) is 1. The fourth-order valence-electron chi connectivity index (χ4n) is 4.12. The summed E-state index contributed by atoms with van der Waals surface area (Å²) < 4.78 is 6.01. The van der Waals surface area contributed by atoms with Gasteiger partial charge in [-0.1, -0.05) is 43.7 Å². The number of halogens is 1. The van der Waals surface area contributed by atoms with Crippen LogP contribution in [0.25, 0.3) is 0 Å². The molecular weight excluding hydrogens is 392 g/mol. The van der Waals surface area contributed by atoms with Gasteiger partial charge in [-0.15, -0.1) is 0 Å². The highest BCUT2D eigenvalue weighted by atomic mass is 35.5. The summed E-state index contributed by atoms with van der Waals surface area (Å²) in [6.07, 6.45) is 12.2. The molecule has 1 saturated heterocycles. The van der Waals surface area contributed by atoms with Crippen LogP contribution in [0.4, 0.5) is 0 Å². The van der Waals surface area contributed by atoms with Crippen molar-refractivity contribution < 1.29 is 4.74 Å². The van der Waals surface area contributed by atoms with E-state index in [1.807, 2.05) is 12.1 Å². The van der Waals surface area contributed by atoms with Crippen LogP contribution in [0, 0.1) is 5.41 Å². The zero-order valence-corrected chi connectivity index (χ0v) is 20.0. The minimum atomic E-state index is 0.220. The Hall–Kier alpha value is -1.45. The van der Waals surface area contributed by atoms with E-state index >= 15 is 0 Å². The quantitative estimate of drug-likeness (QED) is 0.410. The Bertz CT molecular complexity index is 728. The van der Waals surface area contributed by atoms with Crippen LogP contribution in [-0.2, 0) is 4.74 Å². The first-order valence-electron chi connectivity index (χ1n) is 11.7. The second-order valence-electron chi connectivity index (χ2n) is 9.36. The lowest BCUT2D eigenvalue weighted by Gasteiger charge is -2.36. The fourth-order valence-corrected chi connectivity index (χ4v) is 4.25. The van der Waals surface area contributed by atoms with E-state index in [-0.39, 0.29) is 6.04 Å². The van der Waals surface area contributed by atoms with Gasteiger partial charge in [0.1, 0.15) is 5.82 Å². The lowest BCUT2D eigenvalue weighted by Crippen LogP contribution is -2.41. The minimum Gasteiger partial charge on any atom is -0.378 e. The van der Waals surface area contributed by atoms with E-state index in [4.69, 9.17) is 16.3 Å². The highest BCUT2D eigenvalue weighted by Gasteiger charge is 2.37. The number of hydrogen-bond donors (Lipinski definition) is 1.